The van der Waals surface area contributed by atoms with Crippen molar-refractivity contribution in [3.05, 3.63) is 60.0 Å². The van der Waals surface area contributed by atoms with Crippen LogP contribution in [0.4, 0.5) is 11.5 Å². The number of nitrogens with one attached hydrogen (secondary N) is 1. The lowest BCUT2D eigenvalue weighted by Gasteiger charge is -2.09. The second kappa shape index (κ2) is 4.98. The van der Waals surface area contributed by atoms with Gasteiger partial charge in [-0.1, -0.05) is 12.1 Å². The van der Waals surface area contributed by atoms with Crippen LogP contribution in [0, 0.1) is 18.3 Å². The van der Waals surface area contributed by atoms with E-state index in [2.05, 4.69) is 21.4 Å². The molecule has 3 rings (SSSR count). The Morgan fingerprint density at radius 1 is 1.20 bits per heavy atom. The predicted octanol–water partition coefficient (Wildman–Crippen LogP) is 3.55. The zero-order chi connectivity index (χ0) is 13.9. The molecule has 1 N–H and O–H groups in total. The molecule has 0 fully saturated rings. The van der Waals surface area contributed by atoms with Gasteiger partial charge in [-0.15, -0.1) is 0 Å². The molecule has 0 saturated carbocycles. The van der Waals surface area contributed by atoms with E-state index in [0.29, 0.717) is 11.4 Å². The SMILES string of the molecule is Cc1cc(C#N)cc(Nc2cccc3cnccc23)n1. The summed E-state index contributed by atoms with van der Waals surface area (Å²) in [5.74, 6) is 0.672. The van der Waals surface area contributed by atoms with Crippen LogP contribution < -0.4 is 5.32 Å². The van der Waals surface area contributed by atoms with Crippen LogP contribution >= 0.6 is 0 Å². The van der Waals surface area contributed by atoms with E-state index in [0.717, 1.165) is 22.2 Å². The van der Waals surface area contributed by atoms with E-state index in [9.17, 15) is 0 Å². The van der Waals surface area contributed by atoms with E-state index in [4.69, 9.17) is 5.26 Å². The van der Waals surface area contributed by atoms with Gasteiger partial charge in [0.15, 0.2) is 0 Å². The zero-order valence-corrected chi connectivity index (χ0v) is 11.0. The molecule has 0 aliphatic rings. The molecular weight excluding hydrogens is 248 g/mol. The monoisotopic (exact) mass is 260 g/mol. The lowest BCUT2D eigenvalue weighted by atomic mass is 10.1. The highest BCUT2D eigenvalue weighted by Gasteiger charge is 2.04. The first kappa shape index (κ1) is 12.1. The number of hydrogen-bond acceptors (Lipinski definition) is 4. The van der Waals surface area contributed by atoms with Gasteiger partial charge >= 0.3 is 0 Å². The van der Waals surface area contributed by atoms with Gasteiger partial charge in [-0.05, 0) is 31.2 Å². The van der Waals surface area contributed by atoms with E-state index in [1.165, 1.54) is 0 Å². The molecule has 1 aromatic carbocycles. The molecule has 4 nitrogen and oxygen atoms in total. The summed E-state index contributed by atoms with van der Waals surface area (Å²) in [5.41, 5.74) is 2.36. The average molecular weight is 260 g/mol. The first-order valence-electron chi connectivity index (χ1n) is 6.25. The van der Waals surface area contributed by atoms with Gasteiger partial charge in [0, 0.05) is 34.5 Å². The molecule has 0 unspecified atom stereocenters. The van der Waals surface area contributed by atoms with Crippen LogP contribution in [0.3, 0.4) is 0 Å². The minimum absolute atomic E-state index is 0.599. The predicted molar refractivity (Wildman–Crippen MR) is 78.7 cm³/mol. The number of aryl methyl sites for hydroxylation is 1. The lowest BCUT2D eigenvalue weighted by molar-refractivity contribution is 1.19. The van der Waals surface area contributed by atoms with Gasteiger partial charge in [0.05, 0.1) is 11.6 Å². The molecule has 96 valence electrons. The van der Waals surface area contributed by atoms with Crippen molar-refractivity contribution >= 4 is 22.3 Å². The minimum Gasteiger partial charge on any atom is -0.340 e. The minimum atomic E-state index is 0.599. The maximum atomic E-state index is 9.01. The highest BCUT2D eigenvalue weighted by atomic mass is 15.0. The Hall–Kier alpha value is -2.93. The Kier molecular flexibility index (Phi) is 3.02. The molecule has 0 saturated heterocycles. The van der Waals surface area contributed by atoms with Crippen LogP contribution in [0.1, 0.15) is 11.3 Å². The molecule has 0 spiro atoms. The Balaban J connectivity index is 2.06. The largest absolute Gasteiger partial charge is 0.340 e. The standard InChI is InChI=1S/C16H12N4/c1-11-7-12(9-17)8-16(19-11)20-15-4-2-3-13-10-18-6-5-14(13)15/h2-8,10H,1H3,(H,19,20). The topological polar surface area (TPSA) is 61.6 Å². The second-order valence-corrected chi connectivity index (χ2v) is 4.52. The number of benzene rings is 1. The molecule has 2 heterocycles. The number of rotatable bonds is 2. The van der Waals surface area contributed by atoms with Crippen molar-refractivity contribution in [1.82, 2.24) is 9.97 Å². The smallest absolute Gasteiger partial charge is 0.131 e. The number of hydrogen-bond donors (Lipinski definition) is 1. The van der Waals surface area contributed by atoms with Gasteiger partial charge in [-0.2, -0.15) is 5.26 Å². The highest BCUT2D eigenvalue weighted by Crippen LogP contribution is 2.25. The summed E-state index contributed by atoms with van der Waals surface area (Å²) in [4.78, 5) is 8.52. The van der Waals surface area contributed by atoms with E-state index in [-0.39, 0.29) is 0 Å². The van der Waals surface area contributed by atoms with E-state index in [1.807, 2.05) is 37.4 Å². The van der Waals surface area contributed by atoms with Crippen molar-refractivity contribution in [2.45, 2.75) is 6.92 Å². The van der Waals surface area contributed by atoms with Crippen molar-refractivity contribution in [2.24, 2.45) is 0 Å². The highest BCUT2D eigenvalue weighted by molar-refractivity contribution is 5.94. The van der Waals surface area contributed by atoms with Crippen molar-refractivity contribution in [1.29, 1.82) is 5.26 Å². The quantitative estimate of drug-likeness (QED) is 0.765. The van der Waals surface area contributed by atoms with Gasteiger partial charge in [-0.25, -0.2) is 4.98 Å². The Morgan fingerprint density at radius 2 is 2.10 bits per heavy atom. The molecule has 4 heteroatoms. The van der Waals surface area contributed by atoms with Crippen LogP contribution in [0.15, 0.2) is 48.8 Å². The van der Waals surface area contributed by atoms with Gasteiger partial charge in [0.25, 0.3) is 0 Å². The summed E-state index contributed by atoms with van der Waals surface area (Å²) in [5, 5.41) is 14.4. The number of aromatic nitrogens is 2. The summed E-state index contributed by atoms with van der Waals surface area (Å²) in [6, 6.07) is 13.6. The summed E-state index contributed by atoms with van der Waals surface area (Å²) in [6.45, 7) is 1.87. The molecule has 0 bridgehead atoms. The third-order valence-corrected chi connectivity index (χ3v) is 3.03. The number of nitriles is 1. The van der Waals surface area contributed by atoms with Gasteiger partial charge < -0.3 is 5.32 Å². The molecule has 20 heavy (non-hydrogen) atoms. The molecule has 0 amide bonds. The second-order valence-electron chi connectivity index (χ2n) is 4.52. The fourth-order valence-electron chi connectivity index (χ4n) is 2.17. The van der Waals surface area contributed by atoms with Crippen molar-refractivity contribution in [3.63, 3.8) is 0 Å². The van der Waals surface area contributed by atoms with Crippen molar-refractivity contribution in [2.75, 3.05) is 5.32 Å². The molecule has 0 aliphatic carbocycles. The fourth-order valence-corrected chi connectivity index (χ4v) is 2.17. The molecular formula is C16H12N4. The molecule has 2 aromatic heterocycles. The molecule has 0 aliphatic heterocycles. The average Bonchev–Trinajstić information content (AvgIpc) is 2.47. The van der Waals surface area contributed by atoms with Crippen LogP contribution in [0.25, 0.3) is 10.8 Å². The molecule has 3 aromatic rings. The third-order valence-electron chi connectivity index (χ3n) is 3.03. The Bertz CT molecular complexity index is 813. The van der Waals surface area contributed by atoms with Gasteiger partial charge in [-0.3, -0.25) is 4.98 Å². The summed E-state index contributed by atoms with van der Waals surface area (Å²) in [6.07, 6.45) is 3.59. The van der Waals surface area contributed by atoms with Crippen LogP contribution in [0.2, 0.25) is 0 Å². The number of nitrogens with zero attached hydrogens (tertiary/aromatic N) is 3. The molecule has 0 radical (unpaired) electrons. The number of fused-ring (bicyclic) bond motifs is 1. The van der Waals surface area contributed by atoms with Crippen molar-refractivity contribution in [3.8, 4) is 6.07 Å². The Labute approximate surface area is 116 Å². The summed E-state index contributed by atoms with van der Waals surface area (Å²) >= 11 is 0. The zero-order valence-electron chi connectivity index (χ0n) is 11.0. The van der Waals surface area contributed by atoms with E-state index >= 15 is 0 Å². The maximum Gasteiger partial charge on any atom is 0.131 e. The summed E-state index contributed by atoms with van der Waals surface area (Å²) < 4.78 is 0. The first-order valence-corrected chi connectivity index (χ1v) is 6.25. The first-order chi connectivity index (χ1) is 9.76. The normalized spacial score (nSPS) is 10.2. The number of anilines is 2. The van der Waals surface area contributed by atoms with Crippen molar-refractivity contribution < 1.29 is 0 Å². The molecule has 0 atom stereocenters. The van der Waals surface area contributed by atoms with E-state index in [1.54, 1.807) is 18.3 Å². The number of pyridine rings is 2. The van der Waals surface area contributed by atoms with Crippen LogP contribution in [-0.2, 0) is 0 Å². The summed E-state index contributed by atoms with van der Waals surface area (Å²) in [7, 11) is 0. The van der Waals surface area contributed by atoms with E-state index < -0.39 is 0 Å². The fraction of sp³-hybridized carbons (Fsp3) is 0.0625. The maximum absolute atomic E-state index is 9.01. The van der Waals surface area contributed by atoms with Gasteiger partial charge in [0.1, 0.15) is 5.82 Å². The third kappa shape index (κ3) is 2.29. The van der Waals surface area contributed by atoms with Crippen LogP contribution in [-0.4, -0.2) is 9.97 Å². The van der Waals surface area contributed by atoms with Gasteiger partial charge in [0.2, 0.25) is 0 Å². The van der Waals surface area contributed by atoms with Crippen LogP contribution in [0.5, 0.6) is 0 Å². The lowest BCUT2D eigenvalue weighted by Crippen LogP contribution is -1.97. The Morgan fingerprint density at radius 3 is 2.95 bits per heavy atom.